The SMILES string of the molecule is CCCn1nc(C(=O)NC2CCCN(Cc3ccccc3)CC2)c2ccccc21. The van der Waals surface area contributed by atoms with Gasteiger partial charge in [-0.2, -0.15) is 5.10 Å². The number of aromatic nitrogens is 2. The topological polar surface area (TPSA) is 50.2 Å². The summed E-state index contributed by atoms with van der Waals surface area (Å²) in [6.45, 7) is 6.02. The molecule has 152 valence electrons. The molecule has 0 bridgehead atoms. The smallest absolute Gasteiger partial charge is 0.272 e. The van der Waals surface area contributed by atoms with Crippen LogP contribution in [0.4, 0.5) is 0 Å². The maximum Gasteiger partial charge on any atom is 0.272 e. The molecule has 0 aliphatic carbocycles. The summed E-state index contributed by atoms with van der Waals surface area (Å²) < 4.78 is 1.96. The van der Waals surface area contributed by atoms with E-state index in [0.29, 0.717) is 5.69 Å². The lowest BCUT2D eigenvalue weighted by atomic mass is 10.1. The summed E-state index contributed by atoms with van der Waals surface area (Å²) in [6.07, 6.45) is 4.09. The Morgan fingerprint density at radius 3 is 2.69 bits per heavy atom. The number of fused-ring (bicyclic) bond motifs is 1. The molecule has 2 aromatic carbocycles. The van der Waals surface area contributed by atoms with Crippen LogP contribution in [0.1, 0.15) is 48.7 Å². The van der Waals surface area contributed by atoms with E-state index in [2.05, 4.69) is 52.6 Å². The average Bonchev–Trinajstić information content (AvgIpc) is 2.97. The molecule has 1 unspecified atom stereocenters. The lowest BCUT2D eigenvalue weighted by Crippen LogP contribution is -2.36. The molecule has 1 aliphatic rings. The van der Waals surface area contributed by atoms with Gasteiger partial charge in [-0.05, 0) is 43.9 Å². The summed E-state index contributed by atoms with van der Waals surface area (Å²) in [5.74, 6) is -0.0439. The first-order valence-electron chi connectivity index (χ1n) is 10.8. The van der Waals surface area contributed by atoms with Crippen molar-refractivity contribution >= 4 is 16.8 Å². The second-order valence-corrected chi connectivity index (χ2v) is 7.95. The second-order valence-electron chi connectivity index (χ2n) is 7.95. The zero-order valence-electron chi connectivity index (χ0n) is 17.2. The summed E-state index contributed by atoms with van der Waals surface area (Å²) in [5, 5.41) is 8.84. The van der Waals surface area contributed by atoms with E-state index in [9.17, 15) is 4.79 Å². The van der Waals surface area contributed by atoms with Crippen LogP contribution in [0.3, 0.4) is 0 Å². The Bertz CT molecular complexity index is 950. The van der Waals surface area contributed by atoms with Crippen LogP contribution in [0.15, 0.2) is 54.6 Å². The van der Waals surface area contributed by atoms with Crippen LogP contribution in [-0.4, -0.2) is 39.7 Å². The number of nitrogens with one attached hydrogen (secondary N) is 1. The molecular formula is C24H30N4O. The van der Waals surface area contributed by atoms with Gasteiger partial charge in [-0.1, -0.05) is 55.5 Å². The van der Waals surface area contributed by atoms with Gasteiger partial charge in [-0.25, -0.2) is 0 Å². The van der Waals surface area contributed by atoms with E-state index in [-0.39, 0.29) is 11.9 Å². The quantitative estimate of drug-likeness (QED) is 0.685. The molecule has 1 aromatic heterocycles. The zero-order valence-corrected chi connectivity index (χ0v) is 17.2. The van der Waals surface area contributed by atoms with Crippen LogP contribution < -0.4 is 5.32 Å². The Morgan fingerprint density at radius 2 is 1.86 bits per heavy atom. The third-order valence-electron chi connectivity index (χ3n) is 5.71. The third-order valence-corrected chi connectivity index (χ3v) is 5.71. The molecule has 0 spiro atoms. The van der Waals surface area contributed by atoms with E-state index in [4.69, 9.17) is 0 Å². The molecular weight excluding hydrogens is 360 g/mol. The van der Waals surface area contributed by atoms with Crippen molar-refractivity contribution in [3.63, 3.8) is 0 Å². The van der Waals surface area contributed by atoms with Crippen molar-refractivity contribution in [1.82, 2.24) is 20.0 Å². The van der Waals surface area contributed by atoms with Crippen LogP contribution in [0.5, 0.6) is 0 Å². The second kappa shape index (κ2) is 9.23. The molecule has 1 amide bonds. The van der Waals surface area contributed by atoms with Crippen molar-refractivity contribution in [2.24, 2.45) is 0 Å². The van der Waals surface area contributed by atoms with Gasteiger partial charge in [0.2, 0.25) is 0 Å². The van der Waals surface area contributed by atoms with Gasteiger partial charge in [0.05, 0.1) is 5.52 Å². The predicted octanol–water partition coefficient (Wildman–Crippen LogP) is 4.23. The molecule has 1 aliphatic heterocycles. The van der Waals surface area contributed by atoms with Gasteiger partial charge in [-0.15, -0.1) is 0 Å². The van der Waals surface area contributed by atoms with Gasteiger partial charge >= 0.3 is 0 Å². The van der Waals surface area contributed by atoms with Crippen molar-refractivity contribution < 1.29 is 4.79 Å². The molecule has 1 N–H and O–H groups in total. The van der Waals surface area contributed by atoms with Gasteiger partial charge in [0.25, 0.3) is 5.91 Å². The fourth-order valence-corrected chi connectivity index (χ4v) is 4.23. The maximum absolute atomic E-state index is 13.0. The number of carbonyl (C=O) groups is 1. The lowest BCUT2D eigenvalue weighted by Gasteiger charge is -2.20. The fraction of sp³-hybridized carbons (Fsp3) is 0.417. The minimum Gasteiger partial charge on any atom is -0.348 e. The Hall–Kier alpha value is -2.66. The minimum atomic E-state index is -0.0439. The van der Waals surface area contributed by atoms with Gasteiger partial charge in [0, 0.05) is 31.1 Å². The number of aryl methyl sites for hydroxylation is 1. The number of amides is 1. The van der Waals surface area contributed by atoms with Crippen LogP contribution in [0.2, 0.25) is 0 Å². The molecule has 3 aromatic rings. The summed E-state index contributed by atoms with van der Waals surface area (Å²) in [6, 6.07) is 18.8. The van der Waals surface area contributed by atoms with Gasteiger partial charge in [0.15, 0.2) is 5.69 Å². The number of benzene rings is 2. The lowest BCUT2D eigenvalue weighted by molar-refractivity contribution is 0.0929. The first kappa shape index (κ1) is 19.6. The Morgan fingerprint density at radius 1 is 1.07 bits per heavy atom. The average molecular weight is 391 g/mol. The highest BCUT2D eigenvalue weighted by atomic mass is 16.2. The van der Waals surface area contributed by atoms with Gasteiger partial charge < -0.3 is 5.32 Å². The van der Waals surface area contributed by atoms with E-state index in [1.54, 1.807) is 0 Å². The van der Waals surface area contributed by atoms with E-state index in [0.717, 1.165) is 62.8 Å². The number of rotatable bonds is 6. The molecule has 5 nitrogen and oxygen atoms in total. The van der Waals surface area contributed by atoms with Crippen LogP contribution in [-0.2, 0) is 13.1 Å². The normalized spacial score (nSPS) is 17.9. The van der Waals surface area contributed by atoms with E-state index in [1.807, 2.05) is 28.9 Å². The third kappa shape index (κ3) is 4.67. The first-order chi connectivity index (χ1) is 14.2. The van der Waals surface area contributed by atoms with Crippen molar-refractivity contribution in [1.29, 1.82) is 0 Å². The molecule has 1 fully saturated rings. The Kier molecular flexibility index (Phi) is 6.25. The molecule has 4 rings (SSSR count). The fourth-order valence-electron chi connectivity index (χ4n) is 4.23. The highest BCUT2D eigenvalue weighted by molar-refractivity contribution is 6.04. The number of nitrogens with zero attached hydrogens (tertiary/aromatic N) is 3. The summed E-state index contributed by atoms with van der Waals surface area (Å²) in [5.41, 5.74) is 2.94. The van der Waals surface area contributed by atoms with Crippen LogP contribution in [0, 0.1) is 0 Å². The van der Waals surface area contributed by atoms with Crippen molar-refractivity contribution in [3.8, 4) is 0 Å². The van der Waals surface area contributed by atoms with E-state index < -0.39 is 0 Å². The summed E-state index contributed by atoms with van der Waals surface area (Å²) >= 11 is 0. The van der Waals surface area contributed by atoms with Crippen LogP contribution >= 0.6 is 0 Å². The zero-order chi connectivity index (χ0) is 20.1. The number of para-hydroxylation sites is 1. The molecule has 0 saturated carbocycles. The Labute approximate surface area is 172 Å². The molecule has 1 atom stereocenters. The molecule has 1 saturated heterocycles. The molecule has 29 heavy (non-hydrogen) atoms. The van der Waals surface area contributed by atoms with Crippen LogP contribution in [0.25, 0.3) is 10.9 Å². The van der Waals surface area contributed by atoms with E-state index >= 15 is 0 Å². The standard InChI is InChI=1S/C24H30N4O/c1-2-15-28-22-13-7-6-12-21(22)23(26-28)24(29)25-20-11-8-16-27(17-14-20)18-19-9-4-3-5-10-19/h3-7,9-10,12-13,20H,2,8,11,14-18H2,1H3,(H,25,29). The highest BCUT2D eigenvalue weighted by Crippen LogP contribution is 2.20. The maximum atomic E-state index is 13.0. The predicted molar refractivity (Wildman–Crippen MR) is 117 cm³/mol. The molecule has 5 heteroatoms. The number of hydrogen-bond donors (Lipinski definition) is 1. The van der Waals surface area contributed by atoms with E-state index in [1.165, 1.54) is 5.56 Å². The summed E-state index contributed by atoms with van der Waals surface area (Å²) in [7, 11) is 0. The number of likely N-dealkylation sites (tertiary alicyclic amines) is 1. The Balaban J connectivity index is 1.41. The van der Waals surface area contributed by atoms with Gasteiger partial charge in [0.1, 0.15) is 0 Å². The minimum absolute atomic E-state index is 0.0439. The molecule has 2 heterocycles. The first-order valence-corrected chi connectivity index (χ1v) is 10.8. The van der Waals surface area contributed by atoms with Crippen molar-refractivity contribution in [2.45, 2.75) is 51.7 Å². The number of hydrogen-bond acceptors (Lipinski definition) is 3. The van der Waals surface area contributed by atoms with Crippen molar-refractivity contribution in [2.75, 3.05) is 13.1 Å². The highest BCUT2D eigenvalue weighted by Gasteiger charge is 2.22. The van der Waals surface area contributed by atoms with Crippen molar-refractivity contribution in [3.05, 3.63) is 65.9 Å². The van der Waals surface area contributed by atoms with Gasteiger partial charge in [-0.3, -0.25) is 14.4 Å². The monoisotopic (exact) mass is 390 g/mol. The largest absolute Gasteiger partial charge is 0.348 e. The molecule has 0 radical (unpaired) electrons. The number of carbonyl (C=O) groups excluding carboxylic acids is 1. The summed E-state index contributed by atoms with van der Waals surface area (Å²) in [4.78, 5) is 15.5.